The molecule has 1 atom stereocenters. The number of benzene rings is 1. The third-order valence-electron chi connectivity index (χ3n) is 4.44. The standard InChI is InChI=1S/C16H25BrN2/c1-4-13-7-9-19(10-8-13)14-5-6-15(12(2)18-3)16(17)11-14/h5-6,11-13,18H,4,7-10H2,1-3H3. The lowest BCUT2D eigenvalue weighted by Crippen LogP contribution is -2.33. The zero-order chi connectivity index (χ0) is 13.8. The van der Waals surface area contributed by atoms with Crippen LogP contribution in [0.1, 0.15) is 44.7 Å². The molecule has 0 aliphatic carbocycles. The predicted molar refractivity (Wildman–Crippen MR) is 86.8 cm³/mol. The van der Waals surface area contributed by atoms with E-state index >= 15 is 0 Å². The maximum absolute atomic E-state index is 3.71. The van der Waals surface area contributed by atoms with E-state index in [4.69, 9.17) is 0 Å². The van der Waals surface area contributed by atoms with Crippen LogP contribution in [0.25, 0.3) is 0 Å². The fourth-order valence-electron chi connectivity index (χ4n) is 2.82. The molecule has 1 N–H and O–H groups in total. The normalized spacial score (nSPS) is 18.6. The Morgan fingerprint density at radius 1 is 1.37 bits per heavy atom. The summed E-state index contributed by atoms with van der Waals surface area (Å²) in [5.41, 5.74) is 2.68. The molecule has 0 radical (unpaired) electrons. The van der Waals surface area contributed by atoms with E-state index in [1.165, 1.54) is 48.1 Å². The van der Waals surface area contributed by atoms with Crippen LogP contribution in [0.2, 0.25) is 0 Å². The van der Waals surface area contributed by atoms with Gasteiger partial charge in [0.05, 0.1) is 0 Å². The highest BCUT2D eigenvalue weighted by Crippen LogP contribution is 2.30. The van der Waals surface area contributed by atoms with Crippen molar-refractivity contribution in [3.05, 3.63) is 28.2 Å². The summed E-state index contributed by atoms with van der Waals surface area (Å²) >= 11 is 3.71. The number of anilines is 1. The summed E-state index contributed by atoms with van der Waals surface area (Å²) in [6.45, 7) is 6.90. The molecule has 3 heteroatoms. The van der Waals surface area contributed by atoms with E-state index in [9.17, 15) is 0 Å². The second-order valence-corrected chi connectivity index (χ2v) is 6.41. The van der Waals surface area contributed by atoms with Crippen molar-refractivity contribution in [3.8, 4) is 0 Å². The first-order valence-electron chi connectivity index (χ1n) is 7.37. The van der Waals surface area contributed by atoms with Crippen molar-refractivity contribution in [3.63, 3.8) is 0 Å². The monoisotopic (exact) mass is 324 g/mol. The Bertz CT molecular complexity index is 411. The summed E-state index contributed by atoms with van der Waals surface area (Å²) in [5.74, 6) is 0.934. The van der Waals surface area contributed by atoms with Crippen molar-refractivity contribution >= 4 is 21.6 Å². The number of hydrogen-bond acceptors (Lipinski definition) is 2. The molecular formula is C16H25BrN2. The number of rotatable bonds is 4. The lowest BCUT2D eigenvalue weighted by molar-refractivity contribution is 0.395. The highest BCUT2D eigenvalue weighted by atomic mass is 79.9. The second kappa shape index (κ2) is 6.76. The molecule has 1 aliphatic heterocycles. The zero-order valence-electron chi connectivity index (χ0n) is 12.2. The first-order chi connectivity index (χ1) is 9.15. The Hall–Kier alpha value is -0.540. The zero-order valence-corrected chi connectivity index (χ0v) is 13.8. The van der Waals surface area contributed by atoms with Crippen LogP contribution in [0, 0.1) is 5.92 Å². The van der Waals surface area contributed by atoms with Gasteiger partial charge in [-0.2, -0.15) is 0 Å². The third kappa shape index (κ3) is 3.51. The largest absolute Gasteiger partial charge is 0.371 e. The van der Waals surface area contributed by atoms with Gasteiger partial charge >= 0.3 is 0 Å². The minimum atomic E-state index is 0.384. The van der Waals surface area contributed by atoms with Gasteiger partial charge in [-0.15, -0.1) is 0 Å². The average Bonchev–Trinajstić information content (AvgIpc) is 2.46. The maximum atomic E-state index is 3.71. The van der Waals surface area contributed by atoms with Gasteiger partial charge in [0.25, 0.3) is 0 Å². The highest BCUT2D eigenvalue weighted by molar-refractivity contribution is 9.10. The minimum absolute atomic E-state index is 0.384. The molecule has 1 unspecified atom stereocenters. The Morgan fingerprint density at radius 2 is 2.05 bits per heavy atom. The molecule has 1 aromatic carbocycles. The van der Waals surface area contributed by atoms with Gasteiger partial charge in [0.1, 0.15) is 0 Å². The van der Waals surface area contributed by atoms with Crippen LogP contribution < -0.4 is 10.2 Å². The smallest absolute Gasteiger partial charge is 0.0377 e. The Kier molecular flexibility index (Phi) is 5.28. The molecule has 1 fully saturated rings. The van der Waals surface area contributed by atoms with Gasteiger partial charge in [-0.1, -0.05) is 35.3 Å². The fourth-order valence-corrected chi connectivity index (χ4v) is 3.53. The van der Waals surface area contributed by atoms with Crippen molar-refractivity contribution in [2.24, 2.45) is 5.92 Å². The van der Waals surface area contributed by atoms with E-state index in [0.717, 1.165) is 5.92 Å². The summed E-state index contributed by atoms with van der Waals surface area (Å²) in [7, 11) is 2.00. The molecule has 2 nitrogen and oxygen atoms in total. The molecular weight excluding hydrogens is 300 g/mol. The van der Waals surface area contributed by atoms with Crippen molar-refractivity contribution in [1.29, 1.82) is 0 Å². The number of piperidine rings is 1. The molecule has 0 saturated carbocycles. The van der Waals surface area contributed by atoms with Crippen molar-refractivity contribution in [2.45, 2.75) is 39.2 Å². The van der Waals surface area contributed by atoms with E-state index in [2.05, 4.69) is 58.2 Å². The van der Waals surface area contributed by atoms with Gasteiger partial charge in [0, 0.05) is 29.3 Å². The topological polar surface area (TPSA) is 15.3 Å². The molecule has 0 aromatic heterocycles. The lowest BCUT2D eigenvalue weighted by atomic mass is 9.94. The molecule has 1 heterocycles. The average molecular weight is 325 g/mol. The van der Waals surface area contributed by atoms with Gasteiger partial charge in [-0.3, -0.25) is 0 Å². The van der Waals surface area contributed by atoms with Crippen LogP contribution in [0.4, 0.5) is 5.69 Å². The predicted octanol–water partition coefficient (Wildman–Crippen LogP) is 4.36. The number of hydrogen-bond donors (Lipinski definition) is 1. The van der Waals surface area contributed by atoms with Crippen LogP contribution in [-0.2, 0) is 0 Å². The third-order valence-corrected chi connectivity index (χ3v) is 5.13. The number of nitrogens with one attached hydrogen (secondary N) is 1. The summed E-state index contributed by atoms with van der Waals surface area (Å²) in [5, 5.41) is 3.29. The summed E-state index contributed by atoms with van der Waals surface area (Å²) in [6.07, 6.45) is 4.00. The molecule has 1 aromatic rings. The molecule has 0 spiro atoms. The molecule has 0 bridgehead atoms. The van der Waals surface area contributed by atoms with Gasteiger partial charge in [-0.25, -0.2) is 0 Å². The first kappa shape index (κ1) is 14.9. The Balaban J connectivity index is 2.08. The Morgan fingerprint density at radius 3 is 2.58 bits per heavy atom. The summed E-state index contributed by atoms with van der Waals surface area (Å²) in [4.78, 5) is 2.52. The molecule has 19 heavy (non-hydrogen) atoms. The van der Waals surface area contributed by atoms with Gasteiger partial charge in [0.2, 0.25) is 0 Å². The molecule has 106 valence electrons. The number of nitrogens with zero attached hydrogens (tertiary/aromatic N) is 1. The maximum Gasteiger partial charge on any atom is 0.0377 e. The van der Waals surface area contributed by atoms with Crippen LogP contribution in [0.5, 0.6) is 0 Å². The first-order valence-corrected chi connectivity index (χ1v) is 8.16. The van der Waals surface area contributed by atoms with E-state index in [-0.39, 0.29) is 0 Å². The van der Waals surface area contributed by atoms with E-state index < -0.39 is 0 Å². The van der Waals surface area contributed by atoms with Gasteiger partial charge in [-0.05, 0) is 50.4 Å². The summed E-state index contributed by atoms with van der Waals surface area (Å²) < 4.78 is 1.21. The van der Waals surface area contributed by atoms with Gasteiger partial charge in [0.15, 0.2) is 0 Å². The second-order valence-electron chi connectivity index (χ2n) is 5.55. The minimum Gasteiger partial charge on any atom is -0.371 e. The SMILES string of the molecule is CCC1CCN(c2ccc(C(C)NC)c(Br)c2)CC1. The van der Waals surface area contributed by atoms with Crippen LogP contribution in [0.3, 0.4) is 0 Å². The van der Waals surface area contributed by atoms with E-state index in [1.54, 1.807) is 0 Å². The molecule has 0 amide bonds. The number of halogens is 1. The molecule has 2 rings (SSSR count). The molecule has 1 aliphatic rings. The van der Waals surface area contributed by atoms with E-state index in [1.807, 2.05) is 7.05 Å². The van der Waals surface area contributed by atoms with Crippen molar-refractivity contribution in [1.82, 2.24) is 5.32 Å². The molecule has 1 saturated heterocycles. The summed E-state index contributed by atoms with van der Waals surface area (Å²) in [6, 6.07) is 7.16. The Labute approximate surface area is 125 Å². The lowest BCUT2D eigenvalue weighted by Gasteiger charge is -2.33. The van der Waals surface area contributed by atoms with Crippen molar-refractivity contribution < 1.29 is 0 Å². The van der Waals surface area contributed by atoms with Crippen LogP contribution in [0.15, 0.2) is 22.7 Å². The quantitative estimate of drug-likeness (QED) is 0.885. The highest BCUT2D eigenvalue weighted by Gasteiger charge is 2.18. The van der Waals surface area contributed by atoms with Crippen molar-refractivity contribution in [2.75, 3.05) is 25.0 Å². The van der Waals surface area contributed by atoms with Crippen LogP contribution >= 0.6 is 15.9 Å². The fraction of sp³-hybridized carbons (Fsp3) is 0.625. The van der Waals surface area contributed by atoms with Crippen LogP contribution in [-0.4, -0.2) is 20.1 Å². The van der Waals surface area contributed by atoms with E-state index in [0.29, 0.717) is 6.04 Å². The van der Waals surface area contributed by atoms with Gasteiger partial charge < -0.3 is 10.2 Å².